The highest BCUT2D eigenvalue weighted by Crippen LogP contribution is 2.45. The summed E-state index contributed by atoms with van der Waals surface area (Å²) >= 11 is 0. The normalized spacial score (nSPS) is 22.8. The number of rotatable bonds is 19. The summed E-state index contributed by atoms with van der Waals surface area (Å²) in [4.78, 5) is 42.2. The molecular formula is C53H70N4O4. The zero-order valence-corrected chi connectivity index (χ0v) is 38.5. The second kappa shape index (κ2) is 20.3. The number of carbonyl (C=O) groups excluding carboxylic acids is 2. The predicted molar refractivity (Wildman–Crippen MR) is 251 cm³/mol. The van der Waals surface area contributed by atoms with E-state index in [4.69, 9.17) is 19.7 Å². The molecule has 0 aromatic heterocycles. The molecule has 4 atom stereocenters. The second-order valence-corrected chi connectivity index (χ2v) is 18.8. The fourth-order valence-electron chi connectivity index (χ4n) is 9.76. The van der Waals surface area contributed by atoms with Crippen LogP contribution in [0.15, 0.2) is 131 Å². The van der Waals surface area contributed by atoms with Crippen molar-refractivity contribution >= 4 is 28.9 Å². The molecule has 0 amide bonds. The molecule has 1 saturated carbocycles. The summed E-state index contributed by atoms with van der Waals surface area (Å²) in [6.07, 6.45) is 24.1. The van der Waals surface area contributed by atoms with Crippen molar-refractivity contribution in [2.45, 2.75) is 146 Å². The average Bonchev–Trinajstić information content (AvgIpc) is 3.98. The Morgan fingerprint density at radius 2 is 1.64 bits per heavy atom. The van der Waals surface area contributed by atoms with Crippen LogP contribution in [0.3, 0.4) is 0 Å². The van der Waals surface area contributed by atoms with E-state index in [2.05, 4.69) is 65.6 Å². The Morgan fingerprint density at radius 1 is 0.934 bits per heavy atom. The molecule has 8 bridgehead atoms. The molecule has 2 N–H and O–H groups in total. The van der Waals surface area contributed by atoms with Crippen molar-refractivity contribution in [2.75, 3.05) is 6.61 Å². The third-order valence-corrected chi connectivity index (χ3v) is 13.7. The highest BCUT2D eigenvalue weighted by atomic mass is 16.5. The van der Waals surface area contributed by atoms with E-state index in [0.29, 0.717) is 46.8 Å². The molecule has 0 aromatic carbocycles. The van der Waals surface area contributed by atoms with Gasteiger partial charge in [0.2, 0.25) is 0 Å². The molecule has 6 aliphatic rings. The van der Waals surface area contributed by atoms with Crippen molar-refractivity contribution in [3.8, 4) is 0 Å². The molecule has 1 aliphatic carbocycles. The van der Waals surface area contributed by atoms with Gasteiger partial charge in [0, 0.05) is 58.4 Å². The number of ether oxygens (including phenoxy) is 1. The maximum absolute atomic E-state index is 13.8. The van der Waals surface area contributed by atoms with E-state index in [1.165, 1.54) is 50.5 Å². The lowest BCUT2D eigenvalue weighted by Gasteiger charge is -2.17. The minimum atomic E-state index is -0.220. The van der Waals surface area contributed by atoms with E-state index < -0.39 is 0 Å². The highest BCUT2D eigenvalue weighted by molar-refractivity contribution is 6.38. The zero-order chi connectivity index (χ0) is 44.0. The number of aliphatic hydroxyl groups excluding tert-OH is 1. The molecule has 0 radical (unpaired) electrons. The standard InChI is InChI=1S/C53H70N4O4/c1-11-38-35(8)43-27-44-36(9)40(22-23-50(60)61-25-24-34(7)21-15-20-33(6)19-14-18-32(5)17-13-16-31(3)4)52(56-44)41-26-49(59)51-37(10)45(57-53(41)51)28-47-39(12-2)42(30-58)48(55-47)29-46(38)54-43/h11,24,27-33,36,40,56,58H,1,12-23,25-26H2,2-10H3/b34-24+,42-30-,44-27?,45-28?,46-29?,52-41?/t32-,33-,36+,40+/m1/s1. The number of Topliss-reactive ketones (excluding diaryl/α,β-unsaturated/α-hetero) is 1. The van der Waals surface area contributed by atoms with E-state index in [-0.39, 0.29) is 43.0 Å². The minimum Gasteiger partial charge on any atom is -0.515 e. The molecule has 5 aliphatic heterocycles. The first-order valence-electron chi connectivity index (χ1n) is 23.1. The number of hydrogen-bond acceptors (Lipinski definition) is 8. The third-order valence-electron chi connectivity index (χ3n) is 13.7. The third kappa shape index (κ3) is 10.4. The molecule has 326 valence electrons. The van der Waals surface area contributed by atoms with E-state index in [9.17, 15) is 14.7 Å². The van der Waals surface area contributed by atoms with E-state index in [0.717, 1.165) is 87.5 Å². The van der Waals surface area contributed by atoms with Crippen molar-refractivity contribution in [1.82, 2.24) is 5.32 Å². The summed E-state index contributed by atoms with van der Waals surface area (Å²) in [6.45, 7) is 24.2. The maximum Gasteiger partial charge on any atom is 0.306 e. The number of allylic oxidation sites excluding steroid dienone is 13. The fourth-order valence-corrected chi connectivity index (χ4v) is 9.76. The first-order chi connectivity index (χ1) is 29.2. The number of fused-ring (bicyclic) bond motifs is 5. The molecule has 61 heavy (non-hydrogen) atoms. The summed E-state index contributed by atoms with van der Waals surface area (Å²) < 4.78 is 5.78. The lowest BCUT2D eigenvalue weighted by molar-refractivity contribution is -0.142. The molecule has 8 heteroatoms. The number of ketones is 1. The van der Waals surface area contributed by atoms with Gasteiger partial charge in [-0.3, -0.25) is 9.59 Å². The fraction of sp³-hybridized carbons (Fsp3) is 0.528. The van der Waals surface area contributed by atoms with Crippen LogP contribution in [0, 0.1) is 29.6 Å². The van der Waals surface area contributed by atoms with E-state index >= 15 is 0 Å². The van der Waals surface area contributed by atoms with Gasteiger partial charge in [-0.25, -0.2) is 15.0 Å². The second-order valence-electron chi connectivity index (χ2n) is 18.8. The van der Waals surface area contributed by atoms with Gasteiger partial charge < -0.3 is 15.2 Å². The summed E-state index contributed by atoms with van der Waals surface area (Å²) in [6, 6.07) is 0. The first-order valence-corrected chi connectivity index (χ1v) is 23.1. The molecule has 0 aromatic rings. The van der Waals surface area contributed by atoms with Gasteiger partial charge in [-0.1, -0.05) is 105 Å². The van der Waals surface area contributed by atoms with Crippen LogP contribution in [0.1, 0.15) is 146 Å². The smallest absolute Gasteiger partial charge is 0.306 e. The summed E-state index contributed by atoms with van der Waals surface area (Å²) in [5.74, 6) is 2.14. The average molecular weight is 827 g/mol. The number of carbonyl (C=O) groups is 2. The van der Waals surface area contributed by atoms with E-state index in [1.54, 1.807) is 0 Å². The summed E-state index contributed by atoms with van der Waals surface area (Å²) in [7, 11) is 0. The van der Waals surface area contributed by atoms with Crippen LogP contribution >= 0.6 is 0 Å². The SMILES string of the molecule is C=CC1=C(C)C2=NC1=CC1=NC(=C(CC)/C1=C/O)C=C1N=C3C(=C4NC(=C2)[C@@H](C)[C@@H]4CCC(=O)OC/C=C(\C)CCC[C@H](C)CCC[C@H](C)CCCC(C)C)CC(=O)C3=C1C. The quantitative estimate of drug-likeness (QED) is 0.0765. The zero-order valence-electron chi connectivity index (χ0n) is 38.5. The van der Waals surface area contributed by atoms with Crippen molar-refractivity contribution in [3.05, 3.63) is 116 Å². The number of aliphatic hydroxyl groups is 1. The molecule has 0 unspecified atom stereocenters. The summed E-state index contributed by atoms with van der Waals surface area (Å²) in [5.41, 5.74) is 13.2. The lowest BCUT2D eigenvalue weighted by Crippen LogP contribution is -2.15. The predicted octanol–water partition coefficient (Wildman–Crippen LogP) is 12.7. The largest absolute Gasteiger partial charge is 0.515 e. The van der Waals surface area contributed by atoms with Gasteiger partial charge in [0.25, 0.3) is 0 Å². The Labute approximate surface area is 365 Å². The van der Waals surface area contributed by atoms with Crippen LogP contribution in [-0.4, -0.2) is 40.6 Å². The molecule has 8 nitrogen and oxygen atoms in total. The topological polar surface area (TPSA) is 113 Å². The molecule has 6 rings (SSSR count). The Balaban J connectivity index is 1.14. The molecule has 0 spiro atoms. The van der Waals surface area contributed by atoms with Crippen LogP contribution in [0.2, 0.25) is 0 Å². The summed E-state index contributed by atoms with van der Waals surface area (Å²) in [5, 5.41) is 14.1. The highest BCUT2D eigenvalue weighted by Gasteiger charge is 2.43. The number of esters is 1. The van der Waals surface area contributed by atoms with Crippen LogP contribution in [0.4, 0.5) is 0 Å². The Bertz CT molecular complexity index is 2190. The van der Waals surface area contributed by atoms with Crippen LogP contribution in [-0.2, 0) is 14.3 Å². The van der Waals surface area contributed by atoms with Crippen molar-refractivity contribution in [1.29, 1.82) is 0 Å². The number of hydrogen-bond donors (Lipinski definition) is 2. The molecular weight excluding hydrogens is 757 g/mol. The van der Waals surface area contributed by atoms with Gasteiger partial charge in [0.15, 0.2) is 5.78 Å². The molecule has 5 heterocycles. The van der Waals surface area contributed by atoms with Gasteiger partial charge >= 0.3 is 5.97 Å². The van der Waals surface area contributed by atoms with Gasteiger partial charge in [-0.15, -0.1) is 0 Å². The van der Waals surface area contributed by atoms with Gasteiger partial charge in [-0.05, 0) is 105 Å². The van der Waals surface area contributed by atoms with Crippen LogP contribution in [0.25, 0.3) is 0 Å². The monoisotopic (exact) mass is 827 g/mol. The minimum absolute atomic E-state index is 0.00664. The van der Waals surface area contributed by atoms with E-state index in [1.807, 2.05) is 39.0 Å². The number of nitrogens with one attached hydrogen (secondary N) is 1. The molecule has 2 fully saturated rings. The van der Waals surface area contributed by atoms with Crippen molar-refractivity contribution in [3.63, 3.8) is 0 Å². The van der Waals surface area contributed by atoms with Crippen molar-refractivity contribution < 1.29 is 19.4 Å². The Morgan fingerprint density at radius 3 is 2.31 bits per heavy atom. The lowest BCUT2D eigenvalue weighted by atomic mass is 9.86. The van der Waals surface area contributed by atoms with Crippen LogP contribution in [0.5, 0.6) is 0 Å². The van der Waals surface area contributed by atoms with Gasteiger partial charge in [-0.2, -0.15) is 0 Å². The maximum atomic E-state index is 13.8. The first kappa shape index (κ1) is 45.7. The number of aliphatic imine (C=N–C) groups is 3. The molecule has 1 saturated heterocycles. The van der Waals surface area contributed by atoms with Gasteiger partial charge in [0.05, 0.1) is 40.5 Å². The van der Waals surface area contributed by atoms with Crippen molar-refractivity contribution in [2.24, 2.45) is 44.6 Å². The van der Waals surface area contributed by atoms with Crippen LogP contribution < -0.4 is 5.32 Å². The Kier molecular flexibility index (Phi) is 15.2. The Hall–Kier alpha value is -4.85. The number of nitrogens with zero attached hydrogens (tertiary/aromatic N) is 3. The van der Waals surface area contributed by atoms with Gasteiger partial charge in [0.1, 0.15) is 6.61 Å².